The van der Waals surface area contributed by atoms with E-state index < -0.39 is 24.4 Å². The standard InChI is InChI=1S/C20H18Cl2N2O5/c1-28-15-5-3-14(4-6-15)24-10-12(8-19(24)26)20(27)29-11-18(25)23-17-7-2-13(21)9-16(17)22/h2-7,9,12H,8,10-11H2,1H3,(H,23,25)/t12-/m1/s1. The van der Waals surface area contributed by atoms with Crippen molar-refractivity contribution < 1.29 is 23.9 Å². The zero-order chi connectivity index (χ0) is 21.0. The van der Waals surface area contributed by atoms with Crippen molar-refractivity contribution in [1.29, 1.82) is 0 Å². The summed E-state index contributed by atoms with van der Waals surface area (Å²) in [6.07, 6.45) is 0.0233. The number of benzene rings is 2. The number of nitrogens with one attached hydrogen (secondary N) is 1. The molecule has 0 aliphatic carbocycles. The molecule has 3 rings (SSSR count). The molecular weight excluding hydrogens is 419 g/mol. The highest BCUT2D eigenvalue weighted by atomic mass is 35.5. The van der Waals surface area contributed by atoms with E-state index in [0.29, 0.717) is 22.1 Å². The van der Waals surface area contributed by atoms with Gasteiger partial charge in [-0.15, -0.1) is 0 Å². The second-order valence-corrected chi connectivity index (χ2v) is 7.23. The first-order chi connectivity index (χ1) is 13.9. The van der Waals surface area contributed by atoms with Crippen LogP contribution in [-0.2, 0) is 19.1 Å². The van der Waals surface area contributed by atoms with Crippen LogP contribution in [-0.4, -0.2) is 38.0 Å². The molecule has 1 fully saturated rings. The van der Waals surface area contributed by atoms with Crippen molar-refractivity contribution in [2.24, 2.45) is 5.92 Å². The first-order valence-corrected chi connectivity index (χ1v) is 9.49. The molecule has 9 heteroatoms. The quantitative estimate of drug-likeness (QED) is 0.699. The number of carbonyl (C=O) groups excluding carboxylic acids is 3. The highest BCUT2D eigenvalue weighted by Gasteiger charge is 2.36. The van der Waals surface area contributed by atoms with E-state index >= 15 is 0 Å². The van der Waals surface area contributed by atoms with Crippen molar-refractivity contribution in [2.75, 3.05) is 30.5 Å². The van der Waals surface area contributed by atoms with Crippen LogP contribution in [0.25, 0.3) is 0 Å². The zero-order valence-electron chi connectivity index (χ0n) is 15.5. The van der Waals surface area contributed by atoms with E-state index in [1.54, 1.807) is 43.5 Å². The van der Waals surface area contributed by atoms with Gasteiger partial charge in [0.25, 0.3) is 5.91 Å². The Morgan fingerprint density at radius 3 is 2.55 bits per heavy atom. The van der Waals surface area contributed by atoms with Gasteiger partial charge in [-0.05, 0) is 42.5 Å². The summed E-state index contributed by atoms with van der Waals surface area (Å²) in [6, 6.07) is 11.6. The van der Waals surface area contributed by atoms with Crippen LogP contribution >= 0.6 is 23.2 Å². The van der Waals surface area contributed by atoms with Gasteiger partial charge in [0.15, 0.2) is 6.61 Å². The number of halogens is 2. The SMILES string of the molecule is COc1ccc(N2C[C@H](C(=O)OCC(=O)Nc3ccc(Cl)cc3Cl)CC2=O)cc1. The van der Waals surface area contributed by atoms with Crippen molar-refractivity contribution in [2.45, 2.75) is 6.42 Å². The molecule has 0 radical (unpaired) electrons. The predicted octanol–water partition coefficient (Wildman–Crippen LogP) is 3.54. The average molecular weight is 437 g/mol. The fraction of sp³-hybridized carbons (Fsp3) is 0.250. The maximum atomic E-state index is 12.3. The molecule has 2 amide bonds. The van der Waals surface area contributed by atoms with Crippen LogP contribution < -0.4 is 15.0 Å². The number of rotatable bonds is 6. The van der Waals surface area contributed by atoms with Gasteiger partial charge in [-0.25, -0.2) is 0 Å². The maximum absolute atomic E-state index is 12.3. The van der Waals surface area contributed by atoms with Crippen LogP contribution in [0, 0.1) is 5.92 Å². The number of amides is 2. The Hall–Kier alpha value is -2.77. The molecule has 2 aromatic rings. The van der Waals surface area contributed by atoms with Gasteiger partial charge in [-0.1, -0.05) is 23.2 Å². The molecule has 152 valence electrons. The number of ether oxygens (including phenoxy) is 2. The van der Waals surface area contributed by atoms with Gasteiger partial charge in [0.2, 0.25) is 5.91 Å². The summed E-state index contributed by atoms with van der Waals surface area (Å²) in [5.41, 5.74) is 1.03. The van der Waals surface area contributed by atoms with Crippen LogP contribution in [0.2, 0.25) is 10.0 Å². The summed E-state index contributed by atoms with van der Waals surface area (Å²) >= 11 is 11.8. The molecule has 0 aromatic heterocycles. The number of carbonyl (C=O) groups is 3. The van der Waals surface area contributed by atoms with Gasteiger partial charge >= 0.3 is 5.97 Å². The molecule has 0 unspecified atom stereocenters. The predicted molar refractivity (Wildman–Crippen MR) is 110 cm³/mol. The monoisotopic (exact) mass is 436 g/mol. The number of nitrogens with zero attached hydrogens (tertiary/aromatic N) is 1. The summed E-state index contributed by atoms with van der Waals surface area (Å²) in [7, 11) is 1.55. The lowest BCUT2D eigenvalue weighted by molar-refractivity contribution is -0.151. The van der Waals surface area contributed by atoms with Crippen LogP contribution in [0.1, 0.15) is 6.42 Å². The molecule has 1 aliphatic heterocycles. The summed E-state index contributed by atoms with van der Waals surface area (Å²) in [5.74, 6) is -1.31. The molecular formula is C20H18Cl2N2O5. The normalized spacial score (nSPS) is 15.9. The fourth-order valence-corrected chi connectivity index (χ4v) is 3.36. The number of hydrogen-bond donors (Lipinski definition) is 1. The molecule has 1 heterocycles. The Balaban J connectivity index is 1.52. The minimum absolute atomic E-state index is 0.0233. The van der Waals surface area contributed by atoms with E-state index in [-0.39, 0.29) is 23.9 Å². The third-order valence-electron chi connectivity index (χ3n) is 4.39. The molecule has 2 aromatic carbocycles. The Kier molecular flexibility index (Phi) is 6.61. The molecule has 1 N–H and O–H groups in total. The van der Waals surface area contributed by atoms with Crippen molar-refractivity contribution in [3.63, 3.8) is 0 Å². The largest absolute Gasteiger partial charge is 0.497 e. The molecule has 7 nitrogen and oxygen atoms in total. The molecule has 0 saturated carbocycles. The van der Waals surface area contributed by atoms with Gasteiger partial charge in [0.05, 0.1) is 23.7 Å². The van der Waals surface area contributed by atoms with Gasteiger partial charge < -0.3 is 19.7 Å². The van der Waals surface area contributed by atoms with E-state index in [1.807, 2.05) is 0 Å². The van der Waals surface area contributed by atoms with Gasteiger partial charge in [0.1, 0.15) is 5.75 Å². The number of esters is 1. The summed E-state index contributed by atoms with van der Waals surface area (Å²) < 4.78 is 10.2. The van der Waals surface area contributed by atoms with Crippen molar-refractivity contribution in [3.05, 3.63) is 52.5 Å². The van der Waals surface area contributed by atoms with Crippen molar-refractivity contribution in [1.82, 2.24) is 0 Å². The van der Waals surface area contributed by atoms with E-state index in [9.17, 15) is 14.4 Å². The minimum atomic E-state index is -0.642. The Labute approximate surface area is 177 Å². The molecule has 1 atom stereocenters. The van der Waals surface area contributed by atoms with Crippen LogP contribution in [0.15, 0.2) is 42.5 Å². The van der Waals surface area contributed by atoms with E-state index in [2.05, 4.69) is 5.32 Å². The summed E-state index contributed by atoms with van der Waals surface area (Å²) in [5, 5.41) is 3.25. The van der Waals surface area contributed by atoms with E-state index in [1.165, 1.54) is 11.0 Å². The second kappa shape index (κ2) is 9.15. The highest BCUT2D eigenvalue weighted by molar-refractivity contribution is 6.36. The molecule has 1 aliphatic rings. The Morgan fingerprint density at radius 1 is 1.17 bits per heavy atom. The zero-order valence-corrected chi connectivity index (χ0v) is 17.0. The van der Waals surface area contributed by atoms with Crippen molar-refractivity contribution >= 4 is 52.4 Å². The fourth-order valence-electron chi connectivity index (χ4n) is 2.91. The first kappa shape index (κ1) is 21.0. The number of anilines is 2. The van der Waals surface area contributed by atoms with Crippen LogP contribution in [0.4, 0.5) is 11.4 Å². The smallest absolute Gasteiger partial charge is 0.311 e. The minimum Gasteiger partial charge on any atom is -0.497 e. The first-order valence-electron chi connectivity index (χ1n) is 8.73. The number of hydrogen-bond acceptors (Lipinski definition) is 5. The van der Waals surface area contributed by atoms with Gasteiger partial charge in [-0.2, -0.15) is 0 Å². The molecule has 29 heavy (non-hydrogen) atoms. The topological polar surface area (TPSA) is 84.9 Å². The average Bonchev–Trinajstić information content (AvgIpc) is 3.10. The molecule has 1 saturated heterocycles. The van der Waals surface area contributed by atoms with E-state index in [0.717, 1.165) is 0 Å². The summed E-state index contributed by atoms with van der Waals surface area (Å²) in [4.78, 5) is 38.1. The Morgan fingerprint density at radius 2 is 1.90 bits per heavy atom. The second-order valence-electron chi connectivity index (χ2n) is 6.38. The van der Waals surface area contributed by atoms with Crippen LogP contribution in [0.3, 0.4) is 0 Å². The van der Waals surface area contributed by atoms with Crippen LogP contribution in [0.5, 0.6) is 5.75 Å². The highest BCUT2D eigenvalue weighted by Crippen LogP contribution is 2.28. The van der Waals surface area contributed by atoms with Gasteiger partial charge in [0, 0.05) is 23.7 Å². The van der Waals surface area contributed by atoms with Gasteiger partial charge in [-0.3, -0.25) is 14.4 Å². The molecule has 0 spiro atoms. The third-order valence-corrected chi connectivity index (χ3v) is 4.94. The lowest BCUT2D eigenvalue weighted by atomic mass is 10.1. The third kappa shape index (κ3) is 5.19. The lowest BCUT2D eigenvalue weighted by Crippen LogP contribution is -2.28. The maximum Gasteiger partial charge on any atom is 0.311 e. The van der Waals surface area contributed by atoms with Crippen molar-refractivity contribution in [3.8, 4) is 5.75 Å². The van der Waals surface area contributed by atoms with E-state index in [4.69, 9.17) is 32.7 Å². The summed E-state index contributed by atoms with van der Waals surface area (Å²) in [6.45, 7) is -0.292. The Bertz CT molecular complexity index is 933. The molecule has 0 bridgehead atoms. The number of methoxy groups -OCH3 is 1. The lowest BCUT2D eigenvalue weighted by Gasteiger charge is -2.17.